The second-order valence-corrected chi connectivity index (χ2v) is 5.14. The van der Waals surface area contributed by atoms with Crippen molar-refractivity contribution in [1.82, 2.24) is 4.90 Å². The van der Waals surface area contributed by atoms with Gasteiger partial charge in [-0.1, -0.05) is 11.6 Å². The lowest BCUT2D eigenvalue weighted by Crippen LogP contribution is -2.36. The number of likely N-dealkylation sites (tertiary alicyclic amines) is 1. The standard InChI is InChI=1S/C13H17ClFN3O/c14-11-8-10(3-4-12(11)15)17-13(19)18-6-1-2-9(16)5-7-18/h3-4,8-9H,1-2,5-7,16H2,(H,17,19)/t9-/m1/s1. The van der Waals surface area contributed by atoms with Crippen molar-refractivity contribution in [2.75, 3.05) is 18.4 Å². The van der Waals surface area contributed by atoms with Gasteiger partial charge in [-0.2, -0.15) is 0 Å². The molecule has 2 amide bonds. The van der Waals surface area contributed by atoms with Crippen LogP contribution in [0.5, 0.6) is 0 Å². The SMILES string of the molecule is N[C@@H]1CCCN(C(=O)Nc2ccc(F)c(Cl)c2)CC1. The molecule has 104 valence electrons. The lowest BCUT2D eigenvalue weighted by Gasteiger charge is -2.21. The van der Waals surface area contributed by atoms with Crippen LogP contribution in [0.3, 0.4) is 0 Å². The van der Waals surface area contributed by atoms with Gasteiger partial charge in [-0.3, -0.25) is 0 Å². The summed E-state index contributed by atoms with van der Waals surface area (Å²) < 4.78 is 13.0. The van der Waals surface area contributed by atoms with Crippen molar-refractivity contribution in [2.45, 2.75) is 25.3 Å². The molecule has 0 spiro atoms. The van der Waals surface area contributed by atoms with Gasteiger partial charge in [0.1, 0.15) is 5.82 Å². The molecule has 1 heterocycles. The summed E-state index contributed by atoms with van der Waals surface area (Å²) in [4.78, 5) is 13.8. The summed E-state index contributed by atoms with van der Waals surface area (Å²) in [6.07, 6.45) is 2.64. The van der Waals surface area contributed by atoms with E-state index in [0.717, 1.165) is 19.3 Å². The van der Waals surface area contributed by atoms with Crippen molar-refractivity contribution in [3.05, 3.63) is 29.0 Å². The van der Waals surface area contributed by atoms with E-state index in [1.807, 2.05) is 0 Å². The second kappa shape index (κ2) is 6.21. The Kier molecular flexibility index (Phi) is 4.61. The first-order valence-corrected chi connectivity index (χ1v) is 6.70. The average molecular weight is 286 g/mol. The lowest BCUT2D eigenvalue weighted by atomic mass is 10.1. The molecule has 1 aromatic rings. The van der Waals surface area contributed by atoms with Gasteiger partial charge in [-0.15, -0.1) is 0 Å². The van der Waals surface area contributed by atoms with Gasteiger partial charge in [0.25, 0.3) is 0 Å². The van der Waals surface area contributed by atoms with Crippen molar-refractivity contribution in [3.63, 3.8) is 0 Å². The van der Waals surface area contributed by atoms with Crippen LogP contribution in [0.4, 0.5) is 14.9 Å². The fraction of sp³-hybridized carbons (Fsp3) is 0.462. The van der Waals surface area contributed by atoms with E-state index in [2.05, 4.69) is 5.32 Å². The Morgan fingerprint density at radius 1 is 1.42 bits per heavy atom. The van der Waals surface area contributed by atoms with Crippen LogP contribution in [-0.2, 0) is 0 Å². The van der Waals surface area contributed by atoms with Crippen LogP contribution in [0.15, 0.2) is 18.2 Å². The molecular weight excluding hydrogens is 269 g/mol. The third-order valence-electron chi connectivity index (χ3n) is 3.23. The highest BCUT2D eigenvalue weighted by molar-refractivity contribution is 6.31. The van der Waals surface area contributed by atoms with Crippen LogP contribution in [0.1, 0.15) is 19.3 Å². The smallest absolute Gasteiger partial charge is 0.321 e. The van der Waals surface area contributed by atoms with Gasteiger partial charge in [0, 0.05) is 24.8 Å². The highest BCUT2D eigenvalue weighted by atomic mass is 35.5. The minimum atomic E-state index is -0.500. The van der Waals surface area contributed by atoms with Gasteiger partial charge in [-0.25, -0.2) is 9.18 Å². The first-order chi connectivity index (χ1) is 9.06. The fourth-order valence-corrected chi connectivity index (χ4v) is 2.28. The van der Waals surface area contributed by atoms with Gasteiger partial charge in [0.2, 0.25) is 0 Å². The minimum Gasteiger partial charge on any atom is -0.328 e. The summed E-state index contributed by atoms with van der Waals surface area (Å²) in [6.45, 7) is 1.33. The maximum absolute atomic E-state index is 13.0. The quantitative estimate of drug-likeness (QED) is 0.833. The van der Waals surface area contributed by atoms with Crippen molar-refractivity contribution in [1.29, 1.82) is 0 Å². The van der Waals surface area contributed by atoms with Crippen LogP contribution >= 0.6 is 11.6 Å². The van der Waals surface area contributed by atoms with Crippen molar-refractivity contribution >= 4 is 23.3 Å². The average Bonchev–Trinajstić information content (AvgIpc) is 2.59. The van der Waals surface area contributed by atoms with Gasteiger partial charge in [0.15, 0.2) is 0 Å². The molecule has 0 aliphatic carbocycles. The van der Waals surface area contributed by atoms with Gasteiger partial charge >= 0.3 is 6.03 Å². The molecule has 6 heteroatoms. The van der Waals surface area contributed by atoms with E-state index < -0.39 is 5.82 Å². The number of nitrogens with one attached hydrogen (secondary N) is 1. The van der Waals surface area contributed by atoms with Crippen LogP contribution in [0, 0.1) is 5.82 Å². The molecule has 1 aliphatic heterocycles. The van der Waals surface area contributed by atoms with Gasteiger partial charge in [-0.05, 0) is 37.5 Å². The van der Waals surface area contributed by atoms with E-state index in [1.165, 1.54) is 18.2 Å². The normalized spacial score (nSPS) is 19.9. The molecule has 1 atom stereocenters. The second-order valence-electron chi connectivity index (χ2n) is 4.74. The maximum atomic E-state index is 13.0. The number of hydrogen-bond donors (Lipinski definition) is 2. The Morgan fingerprint density at radius 2 is 2.21 bits per heavy atom. The number of nitrogens with zero attached hydrogens (tertiary/aromatic N) is 1. The molecule has 0 bridgehead atoms. The van der Waals surface area contributed by atoms with Crippen LogP contribution < -0.4 is 11.1 Å². The minimum absolute atomic E-state index is 0.00399. The molecule has 0 radical (unpaired) electrons. The maximum Gasteiger partial charge on any atom is 0.321 e. The van der Waals surface area contributed by atoms with E-state index in [-0.39, 0.29) is 17.1 Å². The Hall–Kier alpha value is -1.33. The molecule has 4 nitrogen and oxygen atoms in total. The van der Waals surface area contributed by atoms with E-state index in [9.17, 15) is 9.18 Å². The number of benzene rings is 1. The molecule has 0 unspecified atom stereocenters. The predicted octanol–water partition coefficient (Wildman–Crippen LogP) is 2.82. The van der Waals surface area contributed by atoms with E-state index in [4.69, 9.17) is 17.3 Å². The number of anilines is 1. The summed E-state index contributed by atoms with van der Waals surface area (Å²) in [5.74, 6) is -0.500. The van der Waals surface area contributed by atoms with Crippen molar-refractivity contribution < 1.29 is 9.18 Å². The van der Waals surface area contributed by atoms with Crippen molar-refractivity contribution in [2.24, 2.45) is 5.73 Å². The fourth-order valence-electron chi connectivity index (χ4n) is 2.10. The molecule has 19 heavy (non-hydrogen) atoms. The highest BCUT2D eigenvalue weighted by Crippen LogP contribution is 2.20. The summed E-state index contributed by atoms with van der Waals surface area (Å²) in [5, 5.41) is 2.71. The molecule has 0 saturated carbocycles. The summed E-state index contributed by atoms with van der Waals surface area (Å²) in [6, 6.07) is 4.09. The summed E-state index contributed by atoms with van der Waals surface area (Å²) in [5.41, 5.74) is 6.36. The Bertz CT molecular complexity index is 469. The third kappa shape index (κ3) is 3.81. The molecule has 1 saturated heterocycles. The zero-order valence-corrected chi connectivity index (χ0v) is 11.3. The van der Waals surface area contributed by atoms with E-state index in [0.29, 0.717) is 18.8 Å². The summed E-state index contributed by atoms with van der Waals surface area (Å²) in [7, 11) is 0. The van der Waals surface area contributed by atoms with Crippen molar-refractivity contribution in [3.8, 4) is 0 Å². The molecule has 2 rings (SSSR count). The largest absolute Gasteiger partial charge is 0.328 e. The Morgan fingerprint density at radius 3 is 2.95 bits per heavy atom. The zero-order valence-electron chi connectivity index (χ0n) is 10.5. The number of nitrogens with two attached hydrogens (primary N) is 1. The number of halogens is 2. The monoisotopic (exact) mass is 285 g/mol. The topological polar surface area (TPSA) is 58.4 Å². The van der Waals surface area contributed by atoms with Gasteiger partial charge < -0.3 is 16.0 Å². The number of carbonyl (C=O) groups is 1. The molecule has 3 N–H and O–H groups in total. The first kappa shape index (κ1) is 14.1. The molecule has 1 aliphatic rings. The highest BCUT2D eigenvalue weighted by Gasteiger charge is 2.18. The number of urea groups is 1. The number of rotatable bonds is 1. The number of carbonyl (C=O) groups excluding carboxylic acids is 1. The molecule has 1 fully saturated rings. The lowest BCUT2D eigenvalue weighted by molar-refractivity contribution is 0.213. The number of hydrogen-bond acceptors (Lipinski definition) is 2. The van der Waals surface area contributed by atoms with Gasteiger partial charge in [0.05, 0.1) is 5.02 Å². The third-order valence-corrected chi connectivity index (χ3v) is 3.52. The first-order valence-electron chi connectivity index (χ1n) is 6.33. The van der Waals surface area contributed by atoms with E-state index >= 15 is 0 Å². The number of amides is 2. The Balaban J connectivity index is 1.98. The molecular formula is C13H17ClFN3O. The summed E-state index contributed by atoms with van der Waals surface area (Å²) >= 11 is 5.67. The van der Waals surface area contributed by atoms with E-state index in [1.54, 1.807) is 4.90 Å². The van der Waals surface area contributed by atoms with Crippen LogP contribution in [-0.4, -0.2) is 30.1 Å². The Labute approximate surface area is 116 Å². The predicted molar refractivity (Wildman–Crippen MR) is 73.8 cm³/mol. The van der Waals surface area contributed by atoms with Crippen LogP contribution in [0.2, 0.25) is 5.02 Å². The molecule has 0 aromatic heterocycles. The van der Waals surface area contributed by atoms with Crippen LogP contribution in [0.25, 0.3) is 0 Å². The molecule has 1 aromatic carbocycles. The zero-order chi connectivity index (χ0) is 13.8.